The summed E-state index contributed by atoms with van der Waals surface area (Å²) >= 11 is 1.38. The van der Waals surface area contributed by atoms with Crippen LogP contribution in [0.5, 0.6) is 11.5 Å². The number of fused-ring (bicyclic) bond motifs is 1. The molecule has 0 fully saturated rings. The zero-order valence-corrected chi connectivity index (χ0v) is 15.3. The molecule has 0 aliphatic rings. The van der Waals surface area contributed by atoms with Crippen molar-refractivity contribution in [3.63, 3.8) is 0 Å². The molecule has 0 aliphatic heterocycles. The molecule has 2 aromatic carbocycles. The van der Waals surface area contributed by atoms with E-state index in [-0.39, 0.29) is 5.91 Å². The van der Waals surface area contributed by atoms with E-state index in [0.717, 1.165) is 27.7 Å². The number of hydrogen-bond donors (Lipinski definition) is 2. The molecular weight excluding hydrogens is 350 g/mol. The molecule has 3 aromatic rings. The maximum atomic E-state index is 11.9. The third-order valence-electron chi connectivity index (χ3n) is 3.54. The Kier molecular flexibility index (Phi) is 6.38. The van der Waals surface area contributed by atoms with E-state index >= 15 is 0 Å². The molecule has 3 rings (SSSR count). The number of H-pyrrole nitrogens is 1. The molecule has 6 nitrogen and oxygen atoms in total. The van der Waals surface area contributed by atoms with Crippen LogP contribution in [0.15, 0.2) is 53.7 Å². The smallest absolute Gasteiger partial charge is 0.230 e. The zero-order chi connectivity index (χ0) is 18.2. The number of thioether (sulfide) groups is 1. The summed E-state index contributed by atoms with van der Waals surface area (Å²) in [5.74, 6) is 1.82. The van der Waals surface area contributed by atoms with Crippen LogP contribution in [0.2, 0.25) is 0 Å². The molecule has 26 heavy (non-hydrogen) atoms. The minimum Gasteiger partial charge on any atom is -0.494 e. The normalized spacial score (nSPS) is 10.7. The highest BCUT2D eigenvalue weighted by molar-refractivity contribution is 7.99. The van der Waals surface area contributed by atoms with Crippen LogP contribution in [0, 0.1) is 0 Å². The number of aromatic nitrogens is 2. The van der Waals surface area contributed by atoms with Crippen molar-refractivity contribution in [2.45, 2.75) is 12.1 Å². The van der Waals surface area contributed by atoms with Crippen molar-refractivity contribution in [2.24, 2.45) is 0 Å². The van der Waals surface area contributed by atoms with Gasteiger partial charge in [-0.05, 0) is 43.3 Å². The fourth-order valence-corrected chi connectivity index (χ4v) is 3.06. The zero-order valence-electron chi connectivity index (χ0n) is 14.5. The Bertz CT molecular complexity index is 816. The summed E-state index contributed by atoms with van der Waals surface area (Å²) in [6.45, 7) is 3.44. The van der Waals surface area contributed by atoms with Gasteiger partial charge in [0.05, 0.1) is 29.9 Å². The maximum absolute atomic E-state index is 11.9. The number of imidazole rings is 1. The quantitative estimate of drug-likeness (QED) is 0.446. The molecule has 0 radical (unpaired) electrons. The number of ether oxygens (including phenoxy) is 2. The van der Waals surface area contributed by atoms with Gasteiger partial charge in [0.1, 0.15) is 18.1 Å². The third-order valence-corrected chi connectivity index (χ3v) is 4.41. The van der Waals surface area contributed by atoms with Gasteiger partial charge in [0.15, 0.2) is 5.16 Å². The number of nitrogens with one attached hydrogen (secondary N) is 2. The highest BCUT2D eigenvalue weighted by atomic mass is 32.2. The Hall–Kier alpha value is -2.67. The van der Waals surface area contributed by atoms with Gasteiger partial charge in [-0.3, -0.25) is 4.79 Å². The Morgan fingerprint density at radius 3 is 2.58 bits per heavy atom. The van der Waals surface area contributed by atoms with Crippen molar-refractivity contribution in [2.75, 3.05) is 25.5 Å². The van der Waals surface area contributed by atoms with Crippen molar-refractivity contribution >= 4 is 28.7 Å². The van der Waals surface area contributed by atoms with Gasteiger partial charge in [0.25, 0.3) is 0 Å². The molecule has 1 aromatic heterocycles. The average Bonchev–Trinajstić information content (AvgIpc) is 3.08. The van der Waals surface area contributed by atoms with E-state index in [0.29, 0.717) is 25.5 Å². The molecule has 0 bridgehead atoms. The fourth-order valence-electron chi connectivity index (χ4n) is 2.34. The van der Waals surface area contributed by atoms with Crippen LogP contribution in [-0.4, -0.2) is 41.4 Å². The number of carbonyl (C=O) groups excluding carboxylic acids is 1. The van der Waals surface area contributed by atoms with Crippen LogP contribution in [0.3, 0.4) is 0 Å². The van der Waals surface area contributed by atoms with Gasteiger partial charge in [-0.15, -0.1) is 0 Å². The Labute approximate surface area is 156 Å². The first-order chi connectivity index (χ1) is 12.7. The first-order valence-corrected chi connectivity index (χ1v) is 9.43. The summed E-state index contributed by atoms with van der Waals surface area (Å²) in [4.78, 5) is 19.5. The Balaban J connectivity index is 1.35. The van der Waals surface area contributed by atoms with Gasteiger partial charge in [-0.1, -0.05) is 23.9 Å². The molecule has 0 aliphatic carbocycles. The fraction of sp³-hybridized carbons (Fsp3) is 0.263. The first kappa shape index (κ1) is 18.1. The van der Waals surface area contributed by atoms with Gasteiger partial charge < -0.3 is 19.8 Å². The van der Waals surface area contributed by atoms with E-state index in [1.807, 2.05) is 55.5 Å². The lowest BCUT2D eigenvalue weighted by Gasteiger charge is -2.08. The lowest BCUT2D eigenvalue weighted by molar-refractivity contribution is -0.118. The van der Waals surface area contributed by atoms with E-state index in [2.05, 4.69) is 15.3 Å². The Morgan fingerprint density at radius 2 is 1.85 bits per heavy atom. The molecule has 0 unspecified atom stereocenters. The van der Waals surface area contributed by atoms with Crippen LogP contribution in [-0.2, 0) is 4.79 Å². The van der Waals surface area contributed by atoms with Gasteiger partial charge in [0, 0.05) is 0 Å². The van der Waals surface area contributed by atoms with E-state index in [1.165, 1.54) is 11.8 Å². The summed E-state index contributed by atoms with van der Waals surface area (Å²) in [6, 6.07) is 15.2. The van der Waals surface area contributed by atoms with E-state index < -0.39 is 0 Å². The third kappa shape index (κ3) is 5.16. The van der Waals surface area contributed by atoms with Crippen molar-refractivity contribution in [1.29, 1.82) is 0 Å². The lowest BCUT2D eigenvalue weighted by Crippen LogP contribution is -2.29. The molecule has 0 atom stereocenters. The summed E-state index contributed by atoms with van der Waals surface area (Å²) in [5, 5.41) is 3.58. The predicted octanol–water partition coefficient (Wildman–Crippen LogP) is 3.25. The van der Waals surface area contributed by atoms with Crippen LogP contribution >= 0.6 is 11.8 Å². The van der Waals surface area contributed by atoms with Crippen molar-refractivity contribution in [1.82, 2.24) is 15.3 Å². The SMILES string of the molecule is CCOc1ccc(OCCNC(=O)CSc2nc3ccccc3[nH]2)cc1. The molecular formula is C19H21N3O3S. The van der Waals surface area contributed by atoms with Crippen molar-refractivity contribution in [3.05, 3.63) is 48.5 Å². The number of hydrogen-bond acceptors (Lipinski definition) is 5. The summed E-state index contributed by atoms with van der Waals surface area (Å²) in [6.07, 6.45) is 0. The number of aromatic amines is 1. The number of nitrogens with zero attached hydrogens (tertiary/aromatic N) is 1. The summed E-state index contributed by atoms with van der Waals surface area (Å²) in [7, 11) is 0. The van der Waals surface area contributed by atoms with E-state index in [9.17, 15) is 4.79 Å². The topological polar surface area (TPSA) is 76.2 Å². The van der Waals surface area contributed by atoms with E-state index in [4.69, 9.17) is 9.47 Å². The summed E-state index contributed by atoms with van der Waals surface area (Å²) in [5.41, 5.74) is 1.87. The minimum atomic E-state index is -0.0502. The molecule has 7 heteroatoms. The second-order valence-electron chi connectivity index (χ2n) is 5.45. The lowest BCUT2D eigenvalue weighted by atomic mass is 10.3. The van der Waals surface area contributed by atoms with Gasteiger partial charge >= 0.3 is 0 Å². The van der Waals surface area contributed by atoms with Crippen LogP contribution in [0.4, 0.5) is 0 Å². The first-order valence-electron chi connectivity index (χ1n) is 8.44. The van der Waals surface area contributed by atoms with Crippen LogP contribution in [0.1, 0.15) is 6.92 Å². The largest absolute Gasteiger partial charge is 0.494 e. The summed E-state index contributed by atoms with van der Waals surface area (Å²) < 4.78 is 11.0. The standard InChI is InChI=1S/C19H21N3O3S/c1-2-24-14-7-9-15(10-8-14)25-12-11-20-18(23)13-26-19-21-16-5-3-4-6-17(16)22-19/h3-10H,2,11-13H2,1H3,(H,20,23)(H,21,22). The average molecular weight is 371 g/mol. The van der Waals surface area contributed by atoms with Gasteiger partial charge in [-0.2, -0.15) is 0 Å². The number of amides is 1. The predicted molar refractivity (Wildman–Crippen MR) is 103 cm³/mol. The maximum Gasteiger partial charge on any atom is 0.230 e. The monoisotopic (exact) mass is 371 g/mol. The minimum absolute atomic E-state index is 0.0502. The van der Waals surface area contributed by atoms with Gasteiger partial charge in [-0.25, -0.2) is 4.98 Å². The van der Waals surface area contributed by atoms with Crippen molar-refractivity contribution in [3.8, 4) is 11.5 Å². The number of rotatable bonds is 9. The number of carbonyl (C=O) groups is 1. The molecule has 0 saturated carbocycles. The second kappa shape index (κ2) is 9.15. The van der Waals surface area contributed by atoms with Crippen molar-refractivity contribution < 1.29 is 14.3 Å². The molecule has 1 heterocycles. The van der Waals surface area contributed by atoms with Gasteiger partial charge in [0.2, 0.25) is 5.91 Å². The molecule has 1 amide bonds. The van der Waals surface area contributed by atoms with Crippen LogP contribution in [0.25, 0.3) is 11.0 Å². The number of benzene rings is 2. The second-order valence-corrected chi connectivity index (χ2v) is 6.41. The molecule has 0 saturated heterocycles. The van der Waals surface area contributed by atoms with E-state index in [1.54, 1.807) is 0 Å². The highest BCUT2D eigenvalue weighted by Crippen LogP contribution is 2.19. The highest BCUT2D eigenvalue weighted by Gasteiger charge is 2.06. The Morgan fingerprint density at radius 1 is 1.12 bits per heavy atom. The van der Waals surface area contributed by atoms with Crippen LogP contribution < -0.4 is 14.8 Å². The molecule has 2 N–H and O–H groups in total. The molecule has 0 spiro atoms. The number of para-hydroxylation sites is 2. The molecule has 136 valence electrons.